The molecule has 0 aliphatic carbocycles. The van der Waals surface area contributed by atoms with Crippen molar-refractivity contribution in [3.8, 4) is 11.5 Å². The van der Waals surface area contributed by atoms with E-state index in [1.807, 2.05) is 44.2 Å². The number of hydrogen-bond donors (Lipinski definition) is 0. The lowest BCUT2D eigenvalue weighted by molar-refractivity contribution is -0.134. The molecular weight excluding hydrogens is 364 g/mol. The molecule has 27 heavy (non-hydrogen) atoms. The van der Waals surface area contributed by atoms with Gasteiger partial charge in [0.15, 0.2) is 9.84 Å². The number of carbonyl (C=O) groups excluding carboxylic acids is 1. The maximum Gasteiger partial charge on any atom is 0.238 e. The fourth-order valence-electron chi connectivity index (χ4n) is 3.70. The van der Waals surface area contributed by atoms with Crippen molar-refractivity contribution < 1.29 is 17.6 Å². The number of nitrogens with zero attached hydrogens (tertiary/aromatic N) is 2. The van der Waals surface area contributed by atoms with Gasteiger partial charge < -0.3 is 9.32 Å². The molecule has 0 saturated carbocycles. The summed E-state index contributed by atoms with van der Waals surface area (Å²) >= 11 is 0. The molecule has 2 heterocycles. The molecule has 1 aromatic carbocycles. The van der Waals surface area contributed by atoms with Crippen LogP contribution < -0.4 is 0 Å². The molecule has 146 valence electrons. The third-order valence-corrected chi connectivity index (χ3v) is 6.49. The summed E-state index contributed by atoms with van der Waals surface area (Å²) in [6, 6.07) is 9.48. The van der Waals surface area contributed by atoms with E-state index < -0.39 is 15.6 Å². The van der Waals surface area contributed by atoms with Gasteiger partial charge in [0, 0.05) is 17.6 Å². The van der Waals surface area contributed by atoms with Gasteiger partial charge in [-0.3, -0.25) is 4.79 Å². The van der Waals surface area contributed by atoms with Gasteiger partial charge in [0.2, 0.25) is 11.8 Å². The Bertz CT molecular complexity index is 895. The molecule has 1 aromatic heterocycles. The van der Waals surface area contributed by atoms with Crippen LogP contribution in [0.3, 0.4) is 0 Å². The Morgan fingerprint density at radius 2 is 1.81 bits per heavy atom. The van der Waals surface area contributed by atoms with Crippen molar-refractivity contribution in [3.63, 3.8) is 0 Å². The Hall–Kier alpha value is -2.15. The van der Waals surface area contributed by atoms with Crippen LogP contribution in [-0.2, 0) is 20.4 Å². The van der Waals surface area contributed by atoms with Gasteiger partial charge in [-0.25, -0.2) is 13.4 Å². The van der Waals surface area contributed by atoms with Crippen LogP contribution in [0.4, 0.5) is 0 Å². The fourth-order valence-corrected chi connectivity index (χ4v) is 5.01. The van der Waals surface area contributed by atoms with Crippen LogP contribution in [0, 0.1) is 6.92 Å². The first-order valence-corrected chi connectivity index (χ1v) is 11.1. The predicted octanol–water partition coefficient (Wildman–Crippen LogP) is 3.35. The second kappa shape index (κ2) is 7.84. The van der Waals surface area contributed by atoms with Crippen LogP contribution in [0.2, 0.25) is 0 Å². The van der Waals surface area contributed by atoms with Crippen LogP contribution >= 0.6 is 0 Å². The highest BCUT2D eigenvalue weighted by Crippen LogP contribution is 2.25. The van der Waals surface area contributed by atoms with Gasteiger partial charge in [-0.15, -0.1) is 0 Å². The highest BCUT2D eigenvalue weighted by molar-refractivity contribution is 7.91. The van der Waals surface area contributed by atoms with Gasteiger partial charge in [-0.2, -0.15) is 0 Å². The van der Waals surface area contributed by atoms with Gasteiger partial charge in [-0.05, 0) is 52.2 Å². The monoisotopic (exact) mass is 390 g/mol. The van der Waals surface area contributed by atoms with E-state index >= 15 is 0 Å². The summed E-state index contributed by atoms with van der Waals surface area (Å²) in [4.78, 5) is 18.7. The molecule has 2 atom stereocenters. The van der Waals surface area contributed by atoms with Gasteiger partial charge in [-0.1, -0.05) is 18.2 Å². The van der Waals surface area contributed by atoms with Crippen molar-refractivity contribution in [2.45, 2.75) is 57.9 Å². The lowest BCUT2D eigenvalue weighted by Crippen LogP contribution is -2.49. The Balaban J connectivity index is 1.73. The lowest BCUT2D eigenvalue weighted by atomic mass is 9.98. The molecular formula is C20H26N2O4S. The summed E-state index contributed by atoms with van der Waals surface area (Å²) in [6.45, 7) is 5.66. The van der Waals surface area contributed by atoms with Gasteiger partial charge in [0.05, 0.1) is 11.4 Å². The largest absolute Gasteiger partial charge is 0.441 e. The third kappa shape index (κ3) is 4.58. The van der Waals surface area contributed by atoms with E-state index in [2.05, 4.69) is 4.98 Å². The standard InChI is InChI=1S/C20H26N2O4S/c1-14-8-7-9-15(2)22(14)19(23)13-27(24,25)12-18-16(3)26-20(21-18)17-10-5-4-6-11-17/h4-6,10-11,14-15H,7-9,12-13H2,1-3H3/t14-,15-/m0/s1. The van der Waals surface area contributed by atoms with E-state index in [-0.39, 0.29) is 23.7 Å². The highest BCUT2D eigenvalue weighted by Gasteiger charge is 2.32. The van der Waals surface area contributed by atoms with Crippen LogP contribution in [0.25, 0.3) is 11.5 Å². The molecule has 0 N–H and O–H groups in total. The smallest absolute Gasteiger partial charge is 0.238 e. The maximum absolute atomic E-state index is 12.6. The number of hydrogen-bond acceptors (Lipinski definition) is 5. The number of aromatic nitrogens is 1. The topological polar surface area (TPSA) is 80.5 Å². The molecule has 0 bridgehead atoms. The van der Waals surface area contributed by atoms with E-state index in [0.717, 1.165) is 24.8 Å². The Morgan fingerprint density at radius 3 is 2.44 bits per heavy atom. The zero-order valence-corrected chi connectivity index (χ0v) is 16.8. The minimum atomic E-state index is -3.64. The summed E-state index contributed by atoms with van der Waals surface area (Å²) in [6.07, 6.45) is 2.90. The number of sulfone groups is 1. The second-order valence-electron chi connectivity index (χ2n) is 7.35. The van der Waals surface area contributed by atoms with E-state index in [9.17, 15) is 13.2 Å². The van der Waals surface area contributed by atoms with Gasteiger partial charge in [0.25, 0.3) is 0 Å². The number of rotatable bonds is 5. The molecule has 1 amide bonds. The third-order valence-electron chi connectivity index (χ3n) is 5.09. The number of aryl methyl sites for hydroxylation is 1. The molecule has 7 heteroatoms. The van der Waals surface area contributed by atoms with Crippen LogP contribution in [-0.4, -0.2) is 42.0 Å². The summed E-state index contributed by atoms with van der Waals surface area (Å²) < 4.78 is 30.9. The summed E-state index contributed by atoms with van der Waals surface area (Å²) in [5.74, 6) is -0.252. The van der Waals surface area contributed by atoms with Crippen molar-refractivity contribution in [2.24, 2.45) is 0 Å². The Kier molecular flexibility index (Phi) is 5.69. The minimum absolute atomic E-state index is 0.0786. The minimum Gasteiger partial charge on any atom is -0.441 e. The van der Waals surface area contributed by atoms with Crippen LogP contribution in [0.5, 0.6) is 0 Å². The molecule has 0 radical (unpaired) electrons. The van der Waals surface area contributed by atoms with Crippen LogP contribution in [0.15, 0.2) is 34.7 Å². The summed E-state index contributed by atoms with van der Waals surface area (Å²) in [7, 11) is -3.64. The van der Waals surface area contributed by atoms with Crippen LogP contribution in [0.1, 0.15) is 44.6 Å². The fraction of sp³-hybridized carbons (Fsp3) is 0.500. The predicted molar refractivity (Wildman–Crippen MR) is 104 cm³/mol. The van der Waals surface area contributed by atoms with Crippen molar-refractivity contribution in [1.82, 2.24) is 9.88 Å². The number of carbonyl (C=O) groups is 1. The molecule has 0 spiro atoms. The van der Waals surface area contributed by atoms with E-state index in [0.29, 0.717) is 17.3 Å². The first-order chi connectivity index (χ1) is 12.8. The Labute approximate surface area is 160 Å². The number of benzene rings is 1. The van der Waals surface area contributed by atoms with Crippen molar-refractivity contribution >= 4 is 15.7 Å². The average Bonchev–Trinajstić information content (AvgIpc) is 2.95. The molecule has 2 aromatic rings. The number of piperidine rings is 1. The summed E-state index contributed by atoms with van der Waals surface area (Å²) in [5.41, 5.74) is 1.15. The number of likely N-dealkylation sites (tertiary alicyclic amines) is 1. The zero-order chi connectivity index (χ0) is 19.6. The zero-order valence-electron chi connectivity index (χ0n) is 16.0. The van der Waals surface area contributed by atoms with Crippen molar-refractivity contribution in [3.05, 3.63) is 41.8 Å². The SMILES string of the molecule is Cc1oc(-c2ccccc2)nc1CS(=O)(=O)CC(=O)N1[C@@H](C)CCC[C@@H]1C. The van der Waals surface area contributed by atoms with Crippen molar-refractivity contribution in [2.75, 3.05) is 5.75 Å². The average molecular weight is 391 g/mol. The normalized spacial score (nSPS) is 20.6. The molecule has 0 unspecified atom stereocenters. The molecule has 1 aliphatic rings. The number of amides is 1. The number of oxazole rings is 1. The van der Waals surface area contributed by atoms with E-state index in [4.69, 9.17) is 4.42 Å². The van der Waals surface area contributed by atoms with Crippen molar-refractivity contribution in [1.29, 1.82) is 0 Å². The maximum atomic E-state index is 12.6. The summed E-state index contributed by atoms with van der Waals surface area (Å²) in [5, 5.41) is 0. The first kappa shape index (κ1) is 19.6. The molecule has 3 rings (SSSR count). The van der Waals surface area contributed by atoms with E-state index in [1.165, 1.54) is 0 Å². The second-order valence-corrected chi connectivity index (χ2v) is 9.41. The lowest BCUT2D eigenvalue weighted by Gasteiger charge is -2.39. The molecule has 1 fully saturated rings. The quantitative estimate of drug-likeness (QED) is 0.782. The Morgan fingerprint density at radius 1 is 1.19 bits per heavy atom. The molecule has 6 nitrogen and oxygen atoms in total. The van der Waals surface area contributed by atoms with E-state index in [1.54, 1.807) is 11.8 Å². The molecule has 1 saturated heterocycles. The first-order valence-electron chi connectivity index (χ1n) is 9.30. The highest BCUT2D eigenvalue weighted by atomic mass is 32.2. The van der Waals surface area contributed by atoms with Gasteiger partial charge in [0.1, 0.15) is 11.5 Å². The molecule has 1 aliphatic heterocycles. The van der Waals surface area contributed by atoms with Gasteiger partial charge >= 0.3 is 0 Å².